The molecule has 0 aliphatic carbocycles. The van der Waals surface area contributed by atoms with E-state index < -0.39 is 22.6 Å². The third-order valence-corrected chi connectivity index (χ3v) is 3.27. The molecule has 0 aliphatic rings. The Morgan fingerprint density at radius 2 is 1.78 bits per heavy atom. The van der Waals surface area contributed by atoms with Crippen LogP contribution < -0.4 is 14.8 Å². The highest BCUT2D eigenvalue weighted by molar-refractivity contribution is 5.77. The highest BCUT2D eigenvalue weighted by Crippen LogP contribution is 2.31. The molecule has 10 heteroatoms. The molecule has 0 fully saturated rings. The van der Waals surface area contributed by atoms with Crippen molar-refractivity contribution in [3.63, 3.8) is 0 Å². The van der Waals surface area contributed by atoms with E-state index in [1.165, 1.54) is 36.4 Å². The van der Waals surface area contributed by atoms with Crippen LogP contribution in [0.25, 0.3) is 0 Å². The van der Waals surface area contributed by atoms with E-state index in [1.807, 2.05) is 0 Å². The molecule has 0 bridgehead atoms. The fraction of sp³-hybridized carbons (Fsp3) is 0.235. The lowest BCUT2D eigenvalue weighted by Gasteiger charge is -2.11. The maximum atomic E-state index is 12.6. The van der Waals surface area contributed by atoms with Crippen molar-refractivity contribution in [2.24, 2.45) is 0 Å². The van der Waals surface area contributed by atoms with Crippen LogP contribution in [-0.4, -0.2) is 30.6 Å². The number of hydrogen-bond acceptors (Lipinski definition) is 5. The maximum Gasteiger partial charge on any atom is 0.416 e. The monoisotopic (exact) mass is 384 g/mol. The zero-order valence-corrected chi connectivity index (χ0v) is 13.9. The van der Waals surface area contributed by atoms with E-state index in [1.54, 1.807) is 0 Å². The van der Waals surface area contributed by atoms with E-state index in [2.05, 4.69) is 5.32 Å². The molecule has 144 valence electrons. The van der Waals surface area contributed by atoms with Crippen LogP contribution in [0, 0.1) is 10.1 Å². The van der Waals surface area contributed by atoms with Crippen molar-refractivity contribution < 1.29 is 32.4 Å². The molecular formula is C17H15F3N2O5. The largest absolute Gasteiger partial charge is 0.492 e. The van der Waals surface area contributed by atoms with E-state index in [4.69, 9.17) is 9.47 Å². The summed E-state index contributed by atoms with van der Waals surface area (Å²) in [5.74, 6) is -0.141. The summed E-state index contributed by atoms with van der Waals surface area (Å²) in [7, 11) is 0. The smallest absolute Gasteiger partial charge is 0.416 e. The number of alkyl halides is 3. The summed E-state index contributed by atoms with van der Waals surface area (Å²) < 4.78 is 48.1. The summed E-state index contributed by atoms with van der Waals surface area (Å²) in [6, 6.07) is 9.64. The number of nitrogens with one attached hydrogen (secondary N) is 1. The lowest BCUT2D eigenvalue weighted by Crippen LogP contribution is -2.32. The summed E-state index contributed by atoms with van der Waals surface area (Å²) in [6.45, 7) is -0.273. The Morgan fingerprint density at radius 3 is 2.41 bits per heavy atom. The Hall–Kier alpha value is -3.30. The molecule has 2 aromatic rings. The lowest BCUT2D eigenvalue weighted by atomic mass is 10.2. The summed E-state index contributed by atoms with van der Waals surface area (Å²) in [5.41, 5.74) is -0.918. The number of nitro groups is 1. The molecular weight excluding hydrogens is 369 g/mol. The fourth-order valence-corrected chi connectivity index (χ4v) is 1.99. The minimum atomic E-state index is -4.46. The van der Waals surface area contributed by atoms with Crippen LogP contribution in [0.3, 0.4) is 0 Å². The molecule has 7 nitrogen and oxygen atoms in total. The average molecular weight is 384 g/mol. The normalized spacial score (nSPS) is 10.9. The maximum absolute atomic E-state index is 12.6. The van der Waals surface area contributed by atoms with Gasteiger partial charge >= 0.3 is 6.18 Å². The lowest BCUT2D eigenvalue weighted by molar-refractivity contribution is -0.384. The summed E-state index contributed by atoms with van der Waals surface area (Å²) in [4.78, 5) is 21.6. The molecule has 2 aromatic carbocycles. The SMILES string of the molecule is O=C(COc1ccc([N+](=O)[O-])cc1)NCCOc1cccc(C(F)(F)F)c1. The third kappa shape index (κ3) is 6.49. The van der Waals surface area contributed by atoms with Gasteiger partial charge in [-0.25, -0.2) is 0 Å². The van der Waals surface area contributed by atoms with Crippen LogP contribution in [0.2, 0.25) is 0 Å². The van der Waals surface area contributed by atoms with Crippen LogP contribution in [0.5, 0.6) is 11.5 Å². The van der Waals surface area contributed by atoms with Gasteiger partial charge in [0.2, 0.25) is 0 Å². The predicted octanol–water partition coefficient (Wildman–Crippen LogP) is 3.19. The van der Waals surface area contributed by atoms with Crippen molar-refractivity contribution in [3.8, 4) is 11.5 Å². The Bertz CT molecular complexity index is 794. The van der Waals surface area contributed by atoms with Gasteiger partial charge < -0.3 is 14.8 Å². The van der Waals surface area contributed by atoms with Crippen LogP contribution >= 0.6 is 0 Å². The zero-order valence-electron chi connectivity index (χ0n) is 13.9. The van der Waals surface area contributed by atoms with Crippen LogP contribution in [-0.2, 0) is 11.0 Å². The van der Waals surface area contributed by atoms with Gasteiger partial charge in [-0.2, -0.15) is 13.2 Å². The molecule has 0 atom stereocenters. The van der Waals surface area contributed by atoms with Gasteiger partial charge in [0.25, 0.3) is 11.6 Å². The van der Waals surface area contributed by atoms with Crippen molar-refractivity contribution in [2.45, 2.75) is 6.18 Å². The second-order valence-electron chi connectivity index (χ2n) is 5.26. The highest BCUT2D eigenvalue weighted by atomic mass is 19.4. The van der Waals surface area contributed by atoms with E-state index in [0.29, 0.717) is 0 Å². The van der Waals surface area contributed by atoms with Gasteiger partial charge in [-0.15, -0.1) is 0 Å². The first-order chi connectivity index (χ1) is 12.8. The van der Waals surface area contributed by atoms with E-state index >= 15 is 0 Å². The number of non-ortho nitro benzene ring substituents is 1. The number of rotatable bonds is 8. The topological polar surface area (TPSA) is 90.7 Å². The Kier molecular flexibility index (Phi) is 6.58. The standard InChI is InChI=1S/C17H15F3N2O5/c18-17(19,20)12-2-1-3-15(10-12)26-9-8-21-16(23)11-27-14-6-4-13(5-7-14)22(24)25/h1-7,10H,8-9,11H2,(H,21,23). The van der Waals surface area contributed by atoms with Crippen molar-refractivity contribution in [1.82, 2.24) is 5.32 Å². The van der Waals surface area contributed by atoms with Gasteiger partial charge in [0.15, 0.2) is 6.61 Å². The molecule has 0 radical (unpaired) electrons. The van der Waals surface area contributed by atoms with E-state index in [0.717, 1.165) is 12.1 Å². The third-order valence-electron chi connectivity index (χ3n) is 3.27. The van der Waals surface area contributed by atoms with Gasteiger partial charge in [0.05, 0.1) is 17.0 Å². The molecule has 27 heavy (non-hydrogen) atoms. The molecule has 0 saturated heterocycles. The number of carbonyl (C=O) groups is 1. The minimum absolute atomic E-state index is 0.0232. The minimum Gasteiger partial charge on any atom is -0.492 e. The number of nitrogens with zero attached hydrogens (tertiary/aromatic N) is 1. The molecule has 0 aromatic heterocycles. The van der Waals surface area contributed by atoms with Gasteiger partial charge in [-0.1, -0.05) is 6.07 Å². The number of amides is 1. The number of carbonyl (C=O) groups excluding carboxylic acids is 1. The second-order valence-corrected chi connectivity index (χ2v) is 5.26. The van der Waals surface area contributed by atoms with Crippen molar-refractivity contribution in [3.05, 3.63) is 64.2 Å². The van der Waals surface area contributed by atoms with E-state index in [9.17, 15) is 28.1 Å². The number of ether oxygens (including phenoxy) is 2. The zero-order chi connectivity index (χ0) is 19.9. The Morgan fingerprint density at radius 1 is 1.07 bits per heavy atom. The first-order valence-corrected chi connectivity index (χ1v) is 7.70. The van der Waals surface area contributed by atoms with Crippen LogP contribution in [0.4, 0.5) is 18.9 Å². The highest BCUT2D eigenvalue weighted by Gasteiger charge is 2.30. The van der Waals surface area contributed by atoms with Gasteiger partial charge in [0.1, 0.15) is 18.1 Å². The molecule has 1 amide bonds. The van der Waals surface area contributed by atoms with Crippen LogP contribution in [0.15, 0.2) is 48.5 Å². The van der Waals surface area contributed by atoms with Gasteiger partial charge in [-0.3, -0.25) is 14.9 Å². The molecule has 0 spiro atoms. The Balaban J connectivity index is 1.70. The number of benzene rings is 2. The number of hydrogen-bond donors (Lipinski definition) is 1. The van der Waals surface area contributed by atoms with Gasteiger partial charge in [-0.05, 0) is 30.3 Å². The first-order valence-electron chi connectivity index (χ1n) is 7.70. The average Bonchev–Trinajstić information content (AvgIpc) is 2.63. The van der Waals surface area contributed by atoms with Crippen molar-refractivity contribution in [1.29, 1.82) is 0 Å². The summed E-state index contributed by atoms with van der Waals surface area (Å²) in [5, 5.41) is 13.0. The van der Waals surface area contributed by atoms with Gasteiger partial charge in [0, 0.05) is 12.1 Å². The molecule has 1 N–H and O–H groups in total. The quantitative estimate of drug-likeness (QED) is 0.429. The molecule has 0 saturated carbocycles. The van der Waals surface area contributed by atoms with E-state index in [-0.39, 0.29) is 36.9 Å². The van der Waals surface area contributed by atoms with Crippen molar-refractivity contribution in [2.75, 3.05) is 19.8 Å². The predicted molar refractivity (Wildman–Crippen MR) is 88.5 cm³/mol. The van der Waals surface area contributed by atoms with Crippen LogP contribution in [0.1, 0.15) is 5.56 Å². The second kappa shape index (κ2) is 8.88. The number of halogens is 3. The summed E-state index contributed by atoms with van der Waals surface area (Å²) in [6.07, 6.45) is -4.46. The Labute approximate surface area is 151 Å². The molecule has 0 heterocycles. The van der Waals surface area contributed by atoms with Crippen molar-refractivity contribution >= 4 is 11.6 Å². The number of nitro benzene ring substituents is 1. The summed E-state index contributed by atoms with van der Waals surface area (Å²) >= 11 is 0. The molecule has 2 rings (SSSR count). The molecule has 0 aliphatic heterocycles. The molecule has 0 unspecified atom stereocenters. The fourth-order valence-electron chi connectivity index (χ4n) is 1.99. The first kappa shape index (κ1) is 20.0.